The quantitative estimate of drug-likeness (QED) is 0.662. The molecule has 1 aliphatic heterocycles. The molecule has 0 unspecified atom stereocenters. The highest BCUT2D eigenvalue weighted by atomic mass is 16.2. The van der Waals surface area contributed by atoms with Gasteiger partial charge in [-0.3, -0.25) is 10.1 Å². The van der Waals surface area contributed by atoms with Crippen LogP contribution in [0.2, 0.25) is 0 Å². The van der Waals surface area contributed by atoms with Crippen molar-refractivity contribution in [3.8, 4) is 0 Å². The van der Waals surface area contributed by atoms with Crippen molar-refractivity contribution in [3.63, 3.8) is 0 Å². The van der Waals surface area contributed by atoms with Crippen LogP contribution < -0.4 is 5.32 Å². The molecule has 2 rings (SSSR count). The molecule has 5 heteroatoms. The van der Waals surface area contributed by atoms with Crippen LogP contribution in [0, 0.1) is 0 Å². The molecule has 0 radical (unpaired) electrons. The number of hydrogen-bond acceptors (Lipinski definition) is 3. The number of aromatic nitrogens is 2. The first-order valence-electron chi connectivity index (χ1n) is 4.65. The van der Waals surface area contributed by atoms with Crippen LogP contribution in [0.5, 0.6) is 0 Å². The van der Waals surface area contributed by atoms with E-state index >= 15 is 0 Å². The van der Waals surface area contributed by atoms with Gasteiger partial charge >= 0.3 is 0 Å². The summed E-state index contributed by atoms with van der Waals surface area (Å²) in [5.41, 5.74) is 0. The SMILES string of the molecule is CN(C)C(=O)[C@@H]1NCCn2ccnc21. The molecule has 14 heavy (non-hydrogen) atoms. The van der Waals surface area contributed by atoms with E-state index in [1.165, 1.54) is 0 Å². The van der Waals surface area contributed by atoms with E-state index in [9.17, 15) is 4.79 Å². The highest BCUT2D eigenvalue weighted by Gasteiger charge is 2.28. The number of likely N-dealkylation sites (N-methyl/N-ethyl adjacent to an activating group) is 1. The van der Waals surface area contributed by atoms with E-state index in [1.54, 1.807) is 25.2 Å². The summed E-state index contributed by atoms with van der Waals surface area (Å²) >= 11 is 0. The number of carbonyl (C=O) groups excluding carboxylic acids is 1. The molecule has 5 nitrogen and oxygen atoms in total. The third-order valence-corrected chi connectivity index (χ3v) is 2.39. The highest BCUT2D eigenvalue weighted by Crippen LogP contribution is 2.16. The minimum Gasteiger partial charge on any atom is -0.347 e. The lowest BCUT2D eigenvalue weighted by atomic mass is 10.2. The smallest absolute Gasteiger partial charge is 0.247 e. The van der Waals surface area contributed by atoms with Gasteiger partial charge in [-0.15, -0.1) is 0 Å². The van der Waals surface area contributed by atoms with Gasteiger partial charge in [-0.1, -0.05) is 0 Å². The van der Waals surface area contributed by atoms with Crippen LogP contribution >= 0.6 is 0 Å². The molecule has 0 saturated carbocycles. The fourth-order valence-electron chi connectivity index (χ4n) is 1.65. The Bertz CT molecular complexity index is 344. The van der Waals surface area contributed by atoms with Gasteiger partial charge in [-0.25, -0.2) is 4.98 Å². The van der Waals surface area contributed by atoms with E-state index in [0.29, 0.717) is 0 Å². The second-order valence-electron chi connectivity index (χ2n) is 3.60. The van der Waals surface area contributed by atoms with Gasteiger partial charge in [0.1, 0.15) is 11.9 Å². The topological polar surface area (TPSA) is 50.2 Å². The van der Waals surface area contributed by atoms with Crippen molar-refractivity contribution in [3.05, 3.63) is 18.2 Å². The van der Waals surface area contributed by atoms with E-state index in [-0.39, 0.29) is 11.9 Å². The first kappa shape index (κ1) is 9.21. The molecule has 1 atom stereocenters. The zero-order valence-electron chi connectivity index (χ0n) is 8.40. The van der Waals surface area contributed by atoms with E-state index in [4.69, 9.17) is 0 Å². The molecule has 0 bridgehead atoms. The van der Waals surface area contributed by atoms with Crippen molar-refractivity contribution in [2.24, 2.45) is 0 Å². The fraction of sp³-hybridized carbons (Fsp3) is 0.556. The molecule has 1 amide bonds. The van der Waals surface area contributed by atoms with Gasteiger partial charge in [-0.2, -0.15) is 0 Å². The van der Waals surface area contributed by atoms with Crippen molar-refractivity contribution in [1.82, 2.24) is 19.8 Å². The minimum atomic E-state index is -0.284. The fourth-order valence-corrected chi connectivity index (χ4v) is 1.65. The van der Waals surface area contributed by atoms with E-state index in [1.807, 2.05) is 10.8 Å². The molecule has 1 aromatic heterocycles. The summed E-state index contributed by atoms with van der Waals surface area (Å²) < 4.78 is 2.02. The van der Waals surface area contributed by atoms with Gasteiger partial charge in [0.05, 0.1) is 0 Å². The van der Waals surface area contributed by atoms with Gasteiger partial charge in [0.2, 0.25) is 5.91 Å². The number of amides is 1. The van der Waals surface area contributed by atoms with Gasteiger partial charge in [0.25, 0.3) is 0 Å². The van der Waals surface area contributed by atoms with Crippen LogP contribution in [0.15, 0.2) is 12.4 Å². The molecule has 1 N–H and O–H groups in total. The van der Waals surface area contributed by atoms with Gasteiger partial charge in [0, 0.05) is 39.6 Å². The predicted octanol–water partition coefficient (Wildman–Crippen LogP) is -0.384. The molecule has 76 valence electrons. The number of fused-ring (bicyclic) bond motifs is 1. The molecule has 1 aliphatic rings. The molecule has 1 aromatic rings. The van der Waals surface area contributed by atoms with Crippen LogP contribution in [0.3, 0.4) is 0 Å². The van der Waals surface area contributed by atoms with Crippen LogP contribution in [0.25, 0.3) is 0 Å². The van der Waals surface area contributed by atoms with Crippen molar-refractivity contribution in [1.29, 1.82) is 0 Å². The summed E-state index contributed by atoms with van der Waals surface area (Å²) in [4.78, 5) is 17.5. The first-order valence-corrected chi connectivity index (χ1v) is 4.65. The van der Waals surface area contributed by atoms with Gasteiger partial charge in [0.15, 0.2) is 0 Å². The van der Waals surface area contributed by atoms with Crippen molar-refractivity contribution < 1.29 is 4.79 Å². The number of rotatable bonds is 1. The summed E-state index contributed by atoms with van der Waals surface area (Å²) in [5, 5.41) is 3.17. The lowest BCUT2D eigenvalue weighted by Gasteiger charge is -2.26. The Morgan fingerprint density at radius 1 is 1.71 bits per heavy atom. The zero-order valence-corrected chi connectivity index (χ0v) is 8.40. The second-order valence-corrected chi connectivity index (χ2v) is 3.60. The molecule has 2 heterocycles. The van der Waals surface area contributed by atoms with E-state index in [2.05, 4.69) is 10.3 Å². The Morgan fingerprint density at radius 2 is 2.50 bits per heavy atom. The minimum absolute atomic E-state index is 0.0529. The number of nitrogens with zero attached hydrogens (tertiary/aromatic N) is 3. The van der Waals surface area contributed by atoms with E-state index < -0.39 is 0 Å². The van der Waals surface area contributed by atoms with Crippen LogP contribution in [-0.2, 0) is 11.3 Å². The first-order chi connectivity index (χ1) is 6.70. The number of nitrogens with one attached hydrogen (secondary N) is 1. The summed E-state index contributed by atoms with van der Waals surface area (Å²) in [5.74, 6) is 0.868. The summed E-state index contributed by atoms with van der Waals surface area (Å²) in [6, 6.07) is -0.284. The third kappa shape index (κ3) is 1.39. The van der Waals surface area contributed by atoms with Gasteiger partial charge in [-0.05, 0) is 0 Å². The van der Waals surface area contributed by atoms with Crippen LogP contribution in [0.4, 0.5) is 0 Å². The molecule has 0 aromatic carbocycles. The Kier molecular flexibility index (Phi) is 2.25. The van der Waals surface area contributed by atoms with Crippen LogP contribution in [0.1, 0.15) is 11.9 Å². The second kappa shape index (κ2) is 3.42. The molecule has 0 saturated heterocycles. The highest BCUT2D eigenvalue weighted by molar-refractivity contribution is 5.82. The molecule has 0 aliphatic carbocycles. The Balaban J connectivity index is 2.28. The molecule has 0 fully saturated rings. The Hall–Kier alpha value is -1.36. The predicted molar refractivity (Wildman–Crippen MR) is 51.7 cm³/mol. The lowest BCUT2D eigenvalue weighted by Crippen LogP contribution is -2.42. The maximum absolute atomic E-state index is 11.8. The van der Waals surface area contributed by atoms with Gasteiger partial charge < -0.3 is 9.47 Å². The molecular weight excluding hydrogens is 180 g/mol. The zero-order chi connectivity index (χ0) is 10.1. The molecular formula is C9H14N4O. The summed E-state index contributed by atoms with van der Waals surface area (Å²) in [7, 11) is 3.51. The third-order valence-electron chi connectivity index (χ3n) is 2.39. The largest absolute Gasteiger partial charge is 0.347 e. The van der Waals surface area contributed by atoms with Crippen molar-refractivity contribution in [2.45, 2.75) is 12.6 Å². The Labute approximate surface area is 82.7 Å². The normalized spacial score (nSPS) is 20.3. The summed E-state index contributed by atoms with van der Waals surface area (Å²) in [6.07, 6.45) is 3.64. The monoisotopic (exact) mass is 194 g/mol. The number of hydrogen-bond donors (Lipinski definition) is 1. The van der Waals surface area contributed by atoms with Crippen LogP contribution in [-0.4, -0.2) is 41.0 Å². The average molecular weight is 194 g/mol. The number of carbonyl (C=O) groups is 1. The maximum Gasteiger partial charge on any atom is 0.247 e. The van der Waals surface area contributed by atoms with E-state index in [0.717, 1.165) is 18.9 Å². The molecule has 0 spiro atoms. The average Bonchev–Trinajstić information content (AvgIpc) is 2.63. The summed E-state index contributed by atoms with van der Waals surface area (Å²) in [6.45, 7) is 1.69. The van der Waals surface area contributed by atoms with Crippen molar-refractivity contribution in [2.75, 3.05) is 20.6 Å². The maximum atomic E-state index is 11.8. The lowest BCUT2D eigenvalue weighted by molar-refractivity contribution is -0.131. The Morgan fingerprint density at radius 3 is 3.21 bits per heavy atom. The number of imidazole rings is 1. The standard InChI is InChI=1S/C9H14N4O/c1-12(2)9(14)7-8-11-4-6-13(8)5-3-10-7/h4,6-7,10H,3,5H2,1-2H3/t7-/m1/s1. The van der Waals surface area contributed by atoms with Crippen molar-refractivity contribution >= 4 is 5.91 Å².